The molecule has 3 aromatic heterocycles. The lowest BCUT2D eigenvalue weighted by Crippen LogP contribution is -2.50. The molecule has 0 saturated carbocycles. The van der Waals surface area contributed by atoms with Crippen molar-refractivity contribution in [1.82, 2.24) is 24.9 Å². The average molecular weight is 427 g/mol. The van der Waals surface area contributed by atoms with E-state index in [2.05, 4.69) is 20.4 Å². The summed E-state index contributed by atoms with van der Waals surface area (Å²) in [6.07, 6.45) is -0.932. The summed E-state index contributed by atoms with van der Waals surface area (Å²) in [5.41, 5.74) is -2.88. The molecule has 4 rings (SSSR count). The van der Waals surface area contributed by atoms with Gasteiger partial charge in [-0.15, -0.1) is 0 Å². The van der Waals surface area contributed by atoms with E-state index < -0.39 is 34.8 Å². The number of halogens is 5. The van der Waals surface area contributed by atoms with Gasteiger partial charge in [0.2, 0.25) is 0 Å². The van der Waals surface area contributed by atoms with Crippen LogP contribution in [0.3, 0.4) is 0 Å². The second kappa shape index (κ2) is 7.27. The van der Waals surface area contributed by atoms with Crippen LogP contribution in [0.2, 0.25) is 0 Å². The normalized spacial score (nSPS) is 16.6. The van der Waals surface area contributed by atoms with Crippen LogP contribution in [-0.2, 0) is 16.5 Å². The zero-order valence-corrected chi connectivity index (χ0v) is 15.2. The van der Waals surface area contributed by atoms with Crippen LogP contribution in [0.5, 0.6) is 0 Å². The number of fused-ring (bicyclic) bond motifs is 1. The van der Waals surface area contributed by atoms with Gasteiger partial charge in [-0.1, -0.05) is 0 Å². The van der Waals surface area contributed by atoms with Crippen molar-refractivity contribution in [2.24, 2.45) is 0 Å². The van der Waals surface area contributed by atoms with Crippen LogP contribution in [0.1, 0.15) is 34.5 Å². The van der Waals surface area contributed by atoms with Gasteiger partial charge in [0.15, 0.2) is 11.5 Å². The standard InChI is InChI=1S/C18H14F5N5O2/c19-11-7-25-15-12(8-26-28(15)9-11)16(29)27-17(1-3-30-4-2-17)14-13(20)5-10(6-24-14)18(21,22)23/h5-9H,1-4H2,(H,27,29). The van der Waals surface area contributed by atoms with Crippen LogP contribution < -0.4 is 5.32 Å². The van der Waals surface area contributed by atoms with Crippen molar-refractivity contribution in [2.75, 3.05) is 13.2 Å². The summed E-state index contributed by atoms with van der Waals surface area (Å²) >= 11 is 0. The molecule has 0 aromatic carbocycles. The van der Waals surface area contributed by atoms with E-state index >= 15 is 0 Å². The lowest BCUT2D eigenvalue weighted by molar-refractivity contribution is -0.138. The van der Waals surface area contributed by atoms with E-state index in [1.165, 1.54) is 6.20 Å². The number of aromatic nitrogens is 4. The molecule has 0 unspecified atom stereocenters. The van der Waals surface area contributed by atoms with E-state index in [1.807, 2.05) is 0 Å². The molecule has 1 N–H and O–H groups in total. The minimum Gasteiger partial charge on any atom is -0.381 e. The molecule has 4 heterocycles. The number of carbonyl (C=O) groups excluding carboxylic acids is 1. The number of nitrogens with one attached hydrogen (secondary N) is 1. The summed E-state index contributed by atoms with van der Waals surface area (Å²) in [6.45, 7) is 0.279. The van der Waals surface area contributed by atoms with Gasteiger partial charge in [-0.25, -0.2) is 18.3 Å². The second-order valence-corrected chi connectivity index (χ2v) is 6.80. The van der Waals surface area contributed by atoms with Gasteiger partial charge in [0.1, 0.15) is 17.1 Å². The van der Waals surface area contributed by atoms with E-state index in [0.717, 1.165) is 16.9 Å². The van der Waals surface area contributed by atoms with Crippen molar-refractivity contribution in [1.29, 1.82) is 0 Å². The van der Waals surface area contributed by atoms with Crippen LogP contribution in [0.4, 0.5) is 22.0 Å². The summed E-state index contributed by atoms with van der Waals surface area (Å²) in [6, 6.07) is 0.353. The predicted octanol–water partition coefficient (Wildman–Crippen LogP) is 2.86. The Morgan fingerprint density at radius 2 is 1.87 bits per heavy atom. The molecule has 0 aliphatic carbocycles. The molecule has 158 valence electrons. The van der Waals surface area contributed by atoms with Crippen LogP contribution in [0, 0.1) is 11.6 Å². The Bertz CT molecular complexity index is 1110. The number of pyridine rings is 1. The Morgan fingerprint density at radius 3 is 2.53 bits per heavy atom. The number of carbonyl (C=O) groups is 1. The highest BCUT2D eigenvalue weighted by atomic mass is 19.4. The summed E-state index contributed by atoms with van der Waals surface area (Å²) in [4.78, 5) is 20.4. The number of ether oxygens (including phenoxy) is 1. The lowest BCUT2D eigenvalue weighted by atomic mass is 9.85. The van der Waals surface area contributed by atoms with E-state index in [4.69, 9.17) is 4.74 Å². The molecule has 0 bridgehead atoms. The number of nitrogens with zero attached hydrogens (tertiary/aromatic N) is 4. The Balaban J connectivity index is 1.71. The number of hydrogen-bond acceptors (Lipinski definition) is 5. The highest BCUT2D eigenvalue weighted by Crippen LogP contribution is 2.36. The van der Waals surface area contributed by atoms with E-state index in [-0.39, 0.29) is 43.0 Å². The van der Waals surface area contributed by atoms with Gasteiger partial charge < -0.3 is 10.1 Å². The largest absolute Gasteiger partial charge is 0.417 e. The maximum absolute atomic E-state index is 14.7. The lowest BCUT2D eigenvalue weighted by Gasteiger charge is -2.37. The van der Waals surface area contributed by atoms with Crippen LogP contribution in [0.15, 0.2) is 30.9 Å². The van der Waals surface area contributed by atoms with Gasteiger partial charge in [0.05, 0.1) is 29.7 Å². The first-order valence-electron chi connectivity index (χ1n) is 8.82. The molecular formula is C18H14F5N5O2. The second-order valence-electron chi connectivity index (χ2n) is 6.80. The van der Waals surface area contributed by atoms with Crippen molar-refractivity contribution in [3.8, 4) is 0 Å². The quantitative estimate of drug-likeness (QED) is 0.651. The van der Waals surface area contributed by atoms with Crippen molar-refractivity contribution >= 4 is 11.6 Å². The van der Waals surface area contributed by atoms with Gasteiger partial charge in [-0.05, 0) is 18.9 Å². The van der Waals surface area contributed by atoms with E-state index in [9.17, 15) is 26.7 Å². The Kier molecular flexibility index (Phi) is 4.88. The summed E-state index contributed by atoms with van der Waals surface area (Å²) < 4.78 is 72.9. The predicted molar refractivity (Wildman–Crippen MR) is 91.3 cm³/mol. The number of hydrogen-bond donors (Lipinski definition) is 1. The molecule has 0 spiro atoms. The highest BCUT2D eigenvalue weighted by molar-refractivity contribution is 6.00. The van der Waals surface area contributed by atoms with E-state index in [0.29, 0.717) is 12.3 Å². The molecule has 0 radical (unpaired) electrons. The first kappa shape index (κ1) is 20.1. The smallest absolute Gasteiger partial charge is 0.381 e. The molecule has 1 aliphatic rings. The minimum absolute atomic E-state index is 0.00631. The molecule has 30 heavy (non-hydrogen) atoms. The van der Waals surface area contributed by atoms with Crippen LogP contribution in [-0.4, -0.2) is 38.7 Å². The summed E-state index contributed by atoms with van der Waals surface area (Å²) in [5, 5.41) is 6.53. The SMILES string of the molecule is O=C(NC1(c2ncc(C(F)(F)F)cc2F)CCOCC1)c1cnn2cc(F)cnc12. The van der Waals surface area contributed by atoms with Gasteiger partial charge in [-0.2, -0.15) is 18.3 Å². The minimum atomic E-state index is -4.75. The van der Waals surface area contributed by atoms with Gasteiger partial charge in [0, 0.05) is 19.4 Å². The summed E-state index contributed by atoms with van der Waals surface area (Å²) in [7, 11) is 0. The zero-order chi connectivity index (χ0) is 21.5. The Labute approximate surface area is 165 Å². The van der Waals surface area contributed by atoms with Gasteiger partial charge in [0.25, 0.3) is 5.91 Å². The van der Waals surface area contributed by atoms with Crippen molar-refractivity contribution in [3.63, 3.8) is 0 Å². The van der Waals surface area contributed by atoms with Crippen molar-refractivity contribution in [2.45, 2.75) is 24.6 Å². The number of rotatable bonds is 3. The zero-order valence-electron chi connectivity index (χ0n) is 15.2. The molecule has 1 saturated heterocycles. The van der Waals surface area contributed by atoms with Crippen molar-refractivity contribution < 1.29 is 31.5 Å². The molecule has 3 aromatic rings. The topological polar surface area (TPSA) is 81.4 Å². The number of amides is 1. The summed E-state index contributed by atoms with van der Waals surface area (Å²) in [5.74, 6) is -2.55. The highest BCUT2D eigenvalue weighted by Gasteiger charge is 2.41. The Hall–Kier alpha value is -3.15. The van der Waals surface area contributed by atoms with Crippen molar-refractivity contribution in [3.05, 3.63) is 59.3 Å². The van der Waals surface area contributed by atoms with Gasteiger partial charge >= 0.3 is 6.18 Å². The molecule has 1 aliphatic heterocycles. The molecule has 7 nitrogen and oxygen atoms in total. The maximum Gasteiger partial charge on any atom is 0.417 e. The van der Waals surface area contributed by atoms with Crippen LogP contribution in [0.25, 0.3) is 5.65 Å². The van der Waals surface area contributed by atoms with Crippen LogP contribution >= 0.6 is 0 Å². The van der Waals surface area contributed by atoms with E-state index in [1.54, 1.807) is 0 Å². The molecule has 1 fully saturated rings. The molecular weight excluding hydrogens is 413 g/mol. The third-order valence-corrected chi connectivity index (χ3v) is 4.89. The molecule has 12 heteroatoms. The fourth-order valence-electron chi connectivity index (χ4n) is 3.38. The van der Waals surface area contributed by atoms with Gasteiger partial charge in [-0.3, -0.25) is 9.78 Å². The number of alkyl halides is 3. The average Bonchev–Trinajstić information content (AvgIpc) is 3.11. The fraction of sp³-hybridized carbons (Fsp3) is 0.333. The third-order valence-electron chi connectivity index (χ3n) is 4.89. The first-order chi connectivity index (χ1) is 14.2. The maximum atomic E-state index is 14.7. The molecule has 1 amide bonds. The first-order valence-corrected chi connectivity index (χ1v) is 8.82. The fourth-order valence-corrected chi connectivity index (χ4v) is 3.38. The molecule has 0 atom stereocenters. The monoisotopic (exact) mass is 427 g/mol. The third kappa shape index (κ3) is 3.58. The Morgan fingerprint density at radius 1 is 1.13 bits per heavy atom.